The van der Waals surface area contributed by atoms with Crippen molar-refractivity contribution < 1.29 is 9.53 Å². The van der Waals surface area contributed by atoms with Gasteiger partial charge in [0.2, 0.25) is 0 Å². The van der Waals surface area contributed by atoms with Crippen LogP contribution in [-0.2, 0) is 21.4 Å². The predicted molar refractivity (Wildman–Crippen MR) is 74.7 cm³/mol. The summed E-state index contributed by atoms with van der Waals surface area (Å²) in [5.74, 6) is -0.167. The van der Waals surface area contributed by atoms with Gasteiger partial charge in [0.25, 0.3) is 0 Å². The van der Waals surface area contributed by atoms with Crippen molar-refractivity contribution in [3.8, 4) is 0 Å². The Morgan fingerprint density at radius 3 is 2.11 bits per heavy atom. The highest BCUT2D eigenvalue weighted by Crippen LogP contribution is 2.26. The Kier molecular flexibility index (Phi) is 4.20. The molecule has 1 aromatic rings. The summed E-state index contributed by atoms with van der Waals surface area (Å²) in [6.07, 6.45) is 0.338. The Morgan fingerprint density at radius 1 is 1.06 bits per heavy atom. The molecule has 0 N–H and O–H groups in total. The van der Waals surface area contributed by atoms with E-state index >= 15 is 0 Å². The maximum absolute atomic E-state index is 11.9. The Balaban J connectivity index is 2.89. The Labute approximate surface area is 110 Å². The fourth-order valence-corrected chi connectivity index (χ4v) is 1.94. The van der Waals surface area contributed by atoms with Crippen molar-refractivity contribution >= 4 is 5.97 Å². The number of hydrogen-bond donors (Lipinski definition) is 0. The first-order chi connectivity index (χ1) is 8.09. The third kappa shape index (κ3) is 4.52. The quantitative estimate of drug-likeness (QED) is 0.743. The van der Waals surface area contributed by atoms with Crippen LogP contribution in [0.15, 0.2) is 24.3 Å². The van der Waals surface area contributed by atoms with Crippen LogP contribution in [0.4, 0.5) is 0 Å². The Hall–Kier alpha value is -1.31. The smallest absolute Gasteiger partial charge is 0.310 e. The Bertz CT molecular complexity index is 419. The first-order valence-corrected chi connectivity index (χ1v) is 6.40. The van der Waals surface area contributed by atoms with Crippen LogP contribution < -0.4 is 0 Å². The number of carbonyl (C=O) groups excluding carboxylic acids is 1. The number of carbonyl (C=O) groups is 1. The van der Waals surface area contributed by atoms with Crippen LogP contribution in [0.1, 0.15) is 52.7 Å². The molecular formula is C16H24O2. The minimum Gasteiger partial charge on any atom is -0.460 e. The molecule has 2 nitrogen and oxygen atoms in total. The van der Waals surface area contributed by atoms with Gasteiger partial charge in [0.1, 0.15) is 5.60 Å². The summed E-state index contributed by atoms with van der Waals surface area (Å²) in [6.45, 7) is 12.1. The van der Waals surface area contributed by atoms with Crippen molar-refractivity contribution in [1.82, 2.24) is 0 Å². The second-order valence-corrected chi connectivity index (χ2v) is 6.67. The molecule has 0 amide bonds. The molecule has 0 aliphatic heterocycles. The molecular weight excluding hydrogens is 224 g/mol. The molecule has 0 saturated heterocycles. The van der Waals surface area contributed by atoms with Crippen LogP contribution in [0.3, 0.4) is 0 Å². The number of hydrogen-bond acceptors (Lipinski definition) is 2. The van der Waals surface area contributed by atoms with E-state index in [1.54, 1.807) is 0 Å². The molecule has 0 aromatic heterocycles. The van der Waals surface area contributed by atoms with E-state index in [9.17, 15) is 4.79 Å². The van der Waals surface area contributed by atoms with Crippen molar-refractivity contribution in [3.05, 3.63) is 35.4 Å². The Morgan fingerprint density at radius 2 is 1.61 bits per heavy atom. The molecule has 0 saturated carbocycles. The van der Waals surface area contributed by atoms with Gasteiger partial charge in [-0.1, -0.05) is 45.0 Å². The third-order valence-electron chi connectivity index (χ3n) is 2.58. The van der Waals surface area contributed by atoms with E-state index in [0.29, 0.717) is 6.42 Å². The first kappa shape index (κ1) is 14.7. The summed E-state index contributed by atoms with van der Waals surface area (Å²) in [5.41, 5.74) is 1.88. The number of esters is 1. The zero-order valence-electron chi connectivity index (χ0n) is 12.3. The molecule has 0 aliphatic rings. The molecule has 0 atom stereocenters. The molecule has 1 aromatic carbocycles. The average Bonchev–Trinajstić information content (AvgIpc) is 2.13. The fraction of sp³-hybridized carbons (Fsp3) is 0.562. The van der Waals surface area contributed by atoms with Crippen LogP contribution in [-0.4, -0.2) is 11.6 Å². The van der Waals surface area contributed by atoms with Gasteiger partial charge in [0.15, 0.2) is 0 Å². The van der Waals surface area contributed by atoms with E-state index in [1.807, 2.05) is 39.0 Å². The highest BCUT2D eigenvalue weighted by atomic mass is 16.6. The van der Waals surface area contributed by atoms with E-state index < -0.39 is 5.60 Å². The van der Waals surface area contributed by atoms with Gasteiger partial charge in [-0.25, -0.2) is 0 Å². The number of benzene rings is 1. The summed E-state index contributed by atoms with van der Waals surface area (Å²) >= 11 is 0. The maximum atomic E-state index is 11.9. The van der Waals surface area contributed by atoms with Crippen molar-refractivity contribution in [2.45, 2.75) is 59.0 Å². The first-order valence-electron chi connectivity index (χ1n) is 6.40. The second kappa shape index (κ2) is 5.13. The molecule has 1 rings (SSSR count). The van der Waals surface area contributed by atoms with Crippen LogP contribution >= 0.6 is 0 Å². The maximum Gasteiger partial charge on any atom is 0.310 e. The van der Waals surface area contributed by atoms with Crippen LogP contribution in [0.25, 0.3) is 0 Å². The van der Waals surface area contributed by atoms with Crippen LogP contribution in [0.2, 0.25) is 0 Å². The van der Waals surface area contributed by atoms with Gasteiger partial charge in [-0.15, -0.1) is 0 Å². The lowest BCUT2D eigenvalue weighted by molar-refractivity contribution is -0.153. The van der Waals surface area contributed by atoms with Crippen molar-refractivity contribution in [3.63, 3.8) is 0 Å². The lowest BCUT2D eigenvalue weighted by Gasteiger charge is -2.24. The van der Waals surface area contributed by atoms with E-state index in [-0.39, 0.29) is 11.4 Å². The molecule has 0 heterocycles. The molecule has 100 valence electrons. The second-order valence-electron chi connectivity index (χ2n) is 6.67. The molecule has 0 spiro atoms. The normalized spacial score (nSPS) is 12.3. The molecule has 0 fully saturated rings. The third-order valence-corrected chi connectivity index (χ3v) is 2.58. The minimum absolute atomic E-state index is 0.0403. The zero-order chi connectivity index (χ0) is 14.0. The topological polar surface area (TPSA) is 26.3 Å². The van der Waals surface area contributed by atoms with Crippen LogP contribution in [0, 0.1) is 0 Å². The number of rotatable bonds is 2. The van der Waals surface area contributed by atoms with E-state index in [2.05, 4.69) is 26.8 Å². The SMILES string of the molecule is CC(C)(C)OC(=O)Cc1ccccc1C(C)(C)C. The summed E-state index contributed by atoms with van der Waals surface area (Å²) < 4.78 is 5.37. The largest absolute Gasteiger partial charge is 0.460 e. The van der Waals surface area contributed by atoms with Crippen LogP contribution in [0.5, 0.6) is 0 Å². The van der Waals surface area contributed by atoms with Gasteiger partial charge in [0, 0.05) is 0 Å². The molecule has 0 radical (unpaired) electrons. The zero-order valence-corrected chi connectivity index (χ0v) is 12.3. The summed E-state index contributed by atoms with van der Waals surface area (Å²) in [6, 6.07) is 8.07. The van der Waals surface area contributed by atoms with Crippen molar-refractivity contribution in [2.24, 2.45) is 0 Å². The molecule has 0 unspecified atom stereocenters. The molecule has 2 heteroatoms. The van der Waals surface area contributed by atoms with Crippen molar-refractivity contribution in [2.75, 3.05) is 0 Å². The summed E-state index contributed by atoms with van der Waals surface area (Å²) in [4.78, 5) is 11.9. The van der Waals surface area contributed by atoms with Gasteiger partial charge in [0.05, 0.1) is 6.42 Å². The van der Waals surface area contributed by atoms with Gasteiger partial charge in [-0.2, -0.15) is 0 Å². The lowest BCUT2D eigenvalue weighted by atomic mass is 9.83. The number of ether oxygens (including phenoxy) is 1. The van der Waals surface area contributed by atoms with E-state index in [1.165, 1.54) is 5.56 Å². The van der Waals surface area contributed by atoms with E-state index in [4.69, 9.17) is 4.74 Å². The lowest BCUT2D eigenvalue weighted by Crippen LogP contribution is -2.26. The van der Waals surface area contributed by atoms with Gasteiger partial charge in [-0.3, -0.25) is 4.79 Å². The van der Waals surface area contributed by atoms with Gasteiger partial charge >= 0.3 is 5.97 Å². The fourth-order valence-electron chi connectivity index (χ4n) is 1.94. The van der Waals surface area contributed by atoms with Crippen molar-refractivity contribution in [1.29, 1.82) is 0 Å². The average molecular weight is 248 g/mol. The molecule has 0 aliphatic carbocycles. The van der Waals surface area contributed by atoms with Gasteiger partial charge < -0.3 is 4.74 Å². The highest BCUT2D eigenvalue weighted by molar-refractivity contribution is 5.73. The highest BCUT2D eigenvalue weighted by Gasteiger charge is 2.21. The predicted octanol–water partition coefficient (Wildman–Crippen LogP) is 3.87. The summed E-state index contributed by atoms with van der Waals surface area (Å²) in [7, 11) is 0. The molecule has 18 heavy (non-hydrogen) atoms. The minimum atomic E-state index is -0.423. The summed E-state index contributed by atoms with van der Waals surface area (Å²) in [5, 5.41) is 0. The monoisotopic (exact) mass is 248 g/mol. The van der Waals surface area contributed by atoms with Gasteiger partial charge in [-0.05, 0) is 37.3 Å². The van der Waals surface area contributed by atoms with E-state index in [0.717, 1.165) is 5.56 Å². The standard InChI is InChI=1S/C16H24O2/c1-15(2,3)13-10-8-7-9-12(13)11-14(17)18-16(4,5)6/h7-10H,11H2,1-6H3. The molecule has 0 bridgehead atoms.